The minimum atomic E-state index is -3.65. The molecule has 0 fully saturated rings. The fourth-order valence-electron chi connectivity index (χ4n) is 3.70. The SMILES string of the molecule is COc1ccc(S(=O)(=O)N2CCc3ccc(NC(=O)Cc4ccc(F)cc4)cc3C2)cc1. The largest absolute Gasteiger partial charge is 0.497 e. The second-order valence-electron chi connectivity index (χ2n) is 7.60. The van der Waals surface area contributed by atoms with Gasteiger partial charge >= 0.3 is 0 Å². The molecule has 3 aromatic rings. The van der Waals surface area contributed by atoms with Crippen molar-refractivity contribution in [2.24, 2.45) is 0 Å². The number of nitrogens with one attached hydrogen (secondary N) is 1. The maximum atomic E-state index is 13.1. The van der Waals surface area contributed by atoms with E-state index in [9.17, 15) is 17.6 Å². The lowest BCUT2D eigenvalue weighted by molar-refractivity contribution is -0.115. The van der Waals surface area contributed by atoms with E-state index < -0.39 is 10.0 Å². The van der Waals surface area contributed by atoms with Crippen molar-refractivity contribution in [2.45, 2.75) is 24.3 Å². The van der Waals surface area contributed by atoms with Crippen LogP contribution in [0, 0.1) is 5.82 Å². The molecule has 0 spiro atoms. The third-order valence-corrected chi connectivity index (χ3v) is 7.30. The second-order valence-corrected chi connectivity index (χ2v) is 9.54. The summed E-state index contributed by atoms with van der Waals surface area (Å²) in [5.74, 6) is 0.0158. The topological polar surface area (TPSA) is 75.7 Å². The molecule has 3 aromatic carbocycles. The fourth-order valence-corrected chi connectivity index (χ4v) is 5.12. The molecule has 0 saturated heterocycles. The summed E-state index contributed by atoms with van der Waals surface area (Å²) in [7, 11) is -2.12. The molecule has 1 N–H and O–H groups in total. The lowest BCUT2D eigenvalue weighted by atomic mass is 10.0. The van der Waals surface area contributed by atoms with Crippen molar-refractivity contribution >= 4 is 21.6 Å². The van der Waals surface area contributed by atoms with Gasteiger partial charge in [0, 0.05) is 18.8 Å². The van der Waals surface area contributed by atoms with Gasteiger partial charge in [0.25, 0.3) is 0 Å². The Balaban J connectivity index is 1.47. The first-order valence-electron chi connectivity index (χ1n) is 10.2. The summed E-state index contributed by atoms with van der Waals surface area (Å²) in [5.41, 5.74) is 3.22. The van der Waals surface area contributed by atoms with Gasteiger partial charge in [0.15, 0.2) is 0 Å². The van der Waals surface area contributed by atoms with Crippen molar-refractivity contribution < 1.29 is 22.3 Å². The summed E-state index contributed by atoms with van der Waals surface area (Å²) in [5, 5.41) is 2.84. The van der Waals surface area contributed by atoms with Gasteiger partial charge < -0.3 is 10.1 Å². The molecule has 0 radical (unpaired) electrons. The third-order valence-electron chi connectivity index (χ3n) is 5.44. The number of hydrogen-bond donors (Lipinski definition) is 1. The monoisotopic (exact) mass is 454 g/mol. The van der Waals surface area contributed by atoms with Crippen LogP contribution in [-0.2, 0) is 34.2 Å². The lowest BCUT2D eigenvalue weighted by Gasteiger charge is -2.28. The van der Waals surface area contributed by atoms with Crippen LogP contribution >= 0.6 is 0 Å². The van der Waals surface area contributed by atoms with Crippen LogP contribution in [0.3, 0.4) is 0 Å². The van der Waals surface area contributed by atoms with Crippen LogP contribution in [0.4, 0.5) is 10.1 Å². The Hall–Kier alpha value is -3.23. The molecule has 1 aliphatic heterocycles. The highest BCUT2D eigenvalue weighted by molar-refractivity contribution is 7.89. The Kier molecular flexibility index (Phi) is 6.25. The van der Waals surface area contributed by atoms with Crippen LogP contribution in [0.15, 0.2) is 71.6 Å². The zero-order valence-corrected chi connectivity index (χ0v) is 18.4. The number of rotatable bonds is 6. The van der Waals surface area contributed by atoms with Gasteiger partial charge in [0.1, 0.15) is 11.6 Å². The number of anilines is 1. The highest BCUT2D eigenvalue weighted by Gasteiger charge is 2.28. The normalized spacial score (nSPS) is 13.9. The van der Waals surface area contributed by atoms with Crippen LogP contribution in [0.2, 0.25) is 0 Å². The second kappa shape index (κ2) is 9.10. The maximum Gasteiger partial charge on any atom is 0.243 e. The first-order chi connectivity index (χ1) is 15.3. The van der Waals surface area contributed by atoms with Gasteiger partial charge in [-0.25, -0.2) is 12.8 Å². The Morgan fingerprint density at radius 1 is 1.03 bits per heavy atom. The molecule has 166 valence electrons. The van der Waals surface area contributed by atoms with Crippen LogP contribution in [0.5, 0.6) is 5.75 Å². The number of hydrogen-bond acceptors (Lipinski definition) is 4. The lowest BCUT2D eigenvalue weighted by Crippen LogP contribution is -2.36. The Morgan fingerprint density at radius 2 is 1.75 bits per heavy atom. The van der Waals surface area contributed by atoms with Gasteiger partial charge in [-0.05, 0) is 71.6 Å². The van der Waals surface area contributed by atoms with Gasteiger partial charge in [-0.1, -0.05) is 18.2 Å². The average Bonchev–Trinajstić information content (AvgIpc) is 2.80. The standard InChI is InChI=1S/C24H23FN2O4S/c1-31-22-8-10-23(11-9-22)32(29,30)27-13-12-18-4-7-21(15-19(18)16-27)26-24(28)14-17-2-5-20(25)6-3-17/h2-11,15H,12-14,16H2,1H3,(H,26,28). The molecule has 1 amide bonds. The molecule has 8 heteroatoms. The summed E-state index contributed by atoms with van der Waals surface area (Å²) in [6.45, 7) is 0.614. The molecule has 0 unspecified atom stereocenters. The Bertz CT molecular complexity index is 1230. The van der Waals surface area contributed by atoms with Crippen molar-refractivity contribution in [1.82, 2.24) is 4.31 Å². The third kappa shape index (κ3) is 4.81. The van der Waals surface area contributed by atoms with Crippen LogP contribution in [-0.4, -0.2) is 32.3 Å². The Morgan fingerprint density at radius 3 is 2.44 bits per heavy atom. The van der Waals surface area contributed by atoms with Gasteiger partial charge in [-0.3, -0.25) is 4.79 Å². The average molecular weight is 455 g/mol. The van der Waals surface area contributed by atoms with Gasteiger partial charge in [0.05, 0.1) is 18.4 Å². The number of nitrogens with zero attached hydrogens (tertiary/aromatic N) is 1. The summed E-state index contributed by atoms with van der Waals surface area (Å²) in [6, 6.07) is 17.7. The van der Waals surface area contributed by atoms with E-state index in [2.05, 4.69) is 5.32 Å². The van der Waals surface area contributed by atoms with Crippen LogP contribution in [0.1, 0.15) is 16.7 Å². The van der Waals surface area contributed by atoms with E-state index in [1.807, 2.05) is 18.2 Å². The van der Waals surface area contributed by atoms with E-state index in [4.69, 9.17) is 4.74 Å². The van der Waals surface area contributed by atoms with Crippen molar-refractivity contribution in [3.8, 4) is 5.75 Å². The molecule has 0 bridgehead atoms. The minimum absolute atomic E-state index is 0.120. The van der Waals surface area contributed by atoms with E-state index in [0.717, 1.165) is 11.1 Å². The first kappa shape index (κ1) is 22.0. The molecule has 32 heavy (non-hydrogen) atoms. The first-order valence-corrected chi connectivity index (χ1v) is 11.6. The minimum Gasteiger partial charge on any atom is -0.497 e. The van der Waals surface area contributed by atoms with E-state index in [1.165, 1.54) is 35.7 Å². The quantitative estimate of drug-likeness (QED) is 0.615. The van der Waals surface area contributed by atoms with Crippen molar-refractivity contribution in [1.29, 1.82) is 0 Å². The molecular weight excluding hydrogens is 431 g/mol. The predicted octanol–water partition coefficient (Wildman–Crippen LogP) is 3.76. The summed E-state index contributed by atoms with van der Waals surface area (Å²) in [6.07, 6.45) is 0.712. The van der Waals surface area contributed by atoms with Gasteiger partial charge in [0.2, 0.25) is 15.9 Å². The Labute approximate surface area is 186 Å². The number of benzene rings is 3. The molecular formula is C24H23FN2O4S. The summed E-state index contributed by atoms with van der Waals surface area (Å²) in [4.78, 5) is 12.6. The molecule has 1 heterocycles. The molecule has 4 rings (SSSR count). The number of fused-ring (bicyclic) bond motifs is 1. The number of carbonyl (C=O) groups is 1. The zero-order chi connectivity index (χ0) is 22.7. The number of amides is 1. The van der Waals surface area contributed by atoms with Crippen molar-refractivity contribution in [2.75, 3.05) is 19.0 Å². The molecule has 0 saturated carbocycles. The van der Waals surface area contributed by atoms with E-state index in [-0.39, 0.29) is 29.6 Å². The molecule has 0 aliphatic carbocycles. The molecule has 6 nitrogen and oxygen atoms in total. The smallest absolute Gasteiger partial charge is 0.243 e. The van der Waals surface area contributed by atoms with Crippen LogP contribution in [0.25, 0.3) is 0 Å². The highest BCUT2D eigenvalue weighted by Crippen LogP contribution is 2.28. The van der Waals surface area contributed by atoms with E-state index in [0.29, 0.717) is 30.0 Å². The van der Waals surface area contributed by atoms with Gasteiger partial charge in [-0.15, -0.1) is 0 Å². The van der Waals surface area contributed by atoms with Crippen molar-refractivity contribution in [3.63, 3.8) is 0 Å². The van der Waals surface area contributed by atoms with E-state index in [1.54, 1.807) is 24.3 Å². The zero-order valence-electron chi connectivity index (χ0n) is 17.5. The van der Waals surface area contributed by atoms with Crippen LogP contribution < -0.4 is 10.1 Å². The number of carbonyl (C=O) groups excluding carboxylic acids is 1. The summed E-state index contributed by atoms with van der Waals surface area (Å²) < 4.78 is 45.7. The number of sulfonamides is 1. The number of halogens is 1. The predicted molar refractivity (Wildman–Crippen MR) is 119 cm³/mol. The van der Waals surface area contributed by atoms with Crippen molar-refractivity contribution in [3.05, 3.63) is 89.2 Å². The number of methoxy groups -OCH3 is 1. The summed E-state index contributed by atoms with van der Waals surface area (Å²) >= 11 is 0. The molecule has 0 atom stereocenters. The molecule has 1 aliphatic rings. The van der Waals surface area contributed by atoms with E-state index >= 15 is 0 Å². The van der Waals surface area contributed by atoms with Gasteiger partial charge in [-0.2, -0.15) is 4.31 Å². The highest BCUT2D eigenvalue weighted by atomic mass is 32.2. The molecule has 0 aromatic heterocycles. The fraction of sp³-hybridized carbons (Fsp3) is 0.208. The maximum absolute atomic E-state index is 13.1. The number of ether oxygens (including phenoxy) is 1.